The number of likely N-dealkylation sites (N-methyl/N-ethyl adjacent to an activating group) is 1. The number of benzene rings is 2. The predicted octanol–water partition coefficient (Wildman–Crippen LogP) is 5.52. The first kappa shape index (κ1) is 28.8. The molecule has 1 spiro atoms. The van der Waals surface area contributed by atoms with Crippen LogP contribution in [0.15, 0.2) is 48.7 Å². The summed E-state index contributed by atoms with van der Waals surface area (Å²) in [4.78, 5) is 45.6. The Balaban J connectivity index is 0.00000337. The van der Waals surface area contributed by atoms with E-state index in [1.54, 1.807) is 43.1 Å². The van der Waals surface area contributed by atoms with Crippen molar-refractivity contribution in [2.24, 2.45) is 5.92 Å². The number of Topliss-reactive ketones (excluding diaryl/α,β-unsaturated/α-hetero) is 1. The number of amides is 2. The standard InChI is InChI=1S/C31H28F3N3O3.ClH/c1-3-37-16(2)22(23-12-21(32)13-25(33)27(23)34)10-19(29(37)39)11-26(38)17-6-7-18-14-31(15-20(18)9-17)24-5-4-8-35-28(24)36-30(31)40;/h4-9,12-13,16,19,22H,3,10-11,14-15H2,1-2H3,(H,35,36,40);1H/t16-,19-,22-,31-;/m1./s1. The van der Waals surface area contributed by atoms with Gasteiger partial charge in [0.2, 0.25) is 11.8 Å². The molecule has 1 fully saturated rings. The van der Waals surface area contributed by atoms with Crippen LogP contribution in [0.3, 0.4) is 0 Å². The molecule has 3 aliphatic rings. The normalized spacial score (nSPS) is 24.6. The van der Waals surface area contributed by atoms with Gasteiger partial charge in [0, 0.05) is 54.2 Å². The molecule has 1 aromatic heterocycles. The van der Waals surface area contributed by atoms with Crippen molar-refractivity contribution in [2.45, 2.75) is 56.9 Å². The monoisotopic (exact) mass is 583 g/mol. The van der Waals surface area contributed by atoms with E-state index < -0.39 is 40.7 Å². The lowest BCUT2D eigenvalue weighted by atomic mass is 9.76. The van der Waals surface area contributed by atoms with E-state index in [2.05, 4.69) is 10.3 Å². The molecule has 1 N–H and O–H groups in total. The van der Waals surface area contributed by atoms with Gasteiger partial charge in [-0.2, -0.15) is 0 Å². The number of rotatable bonds is 5. The molecule has 10 heteroatoms. The Morgan fingerprint density at radius 2 is 1.85 bits per heavy atom. The van der Waals surface area contributed by atoms with Crippen LogP contribution in [-0.4, -0.2) is 40.1 Å². The summed E-state index contributed by atoms with van der Waals surface area (Å²) in [5.74, 6) is -4.77. The highest BCUT2D eigenvalue weighted by molar-refractivity contribution is 6.06. The number of carbonyl (C=O) groups excluding carboxylic acids is 3. The van der Waals surface area contributed by atoms with E-state index in [9.17, 15) is 27.6 Å². The van der Waals surface area contributed by atoms with E-state index in [4.69, 9.17) is 0 Å². The third-order valence-electron chi connectivity index (χ3n) is 8.94. The van der Waals surface area contributed by atoms with Gasteiger partial charge < -0.3 is 10.2 Å². The number of nitrogens with one attached hydrogen (secondary N) is 1. The maximum Gasteiger partial charge on any atom is 0.237 e. The molecule has 6 rings (SSSR count). The quantitative estimate of drug-likeness (QED) is 0.317. The molecule has 2 amide bonds. The minimum atomic E-state index is -1.28. The summed E-state index contributed by atoms with van der Waals surface area (Å²) >= 11 is 0. The number of fused-ring (bicyclic) bond motifs is 3. The number of likely N-dealkylation sites (tertiary alicyclic amines) is 1. The van der Waals surface area contributed by atoms with Gasteiger partial charge in [0.1, 0.15) is 11.6 Å². The van der Waals surface area contributed by atoms with Crippen LogP contribution >= 0.6 is 12.4 Å². The molecule has 2 aromatic carbocycles. The van der Waals surface area contributed by atoms with Crippen LogP contribution in [0.1, 0.15) is 65.2 Å². The van der Waals surface area contributed by atoms with Crippen LogP contribution in [0.5, 0.6) is 0 Å². The van der Waals surface area contributed by atoms with Gasteiger partial charge in [-0.25, -0.2) is 18.2 Å². The average molecular weight is 584 g/mol. The number of hydrogen-bond donors (Lipinski definition) is 1. The number of carbonyl (C=O) groups is 3. The Hall–Kier alpha value is -3.72. The first-order valence-corrected chi connectivity index (χ1v) is 13.5. The Morgan fingerprint density at radius 1 is 1.10 bits per heavy atom. The number of ketones is 1. The molecule has 1 saturated heterocycles. The molecule has 3 aromatic rings. The fourth-order valence-electron chi connectivity index (χ4n) is 6.89. The second kappa shape index (κ2) is 10.6. The van der Waals surface area contributed by atoms with Gasteiger partial charge >= 0.3 is 0 Å². The SMILES string of the molecule is CCN1C(=O)[C@@H](CC(=O)c2ccc3c(c2)C[C@@]2(C3)C(=O)Nc3ncccc32)C[C@@H](c2cc(F)cc(F)c2F)[C@H]1C.Cl. The van der Waals surface area contributed by atoms with E-state index in [1.807, 2.05) is 12.1 Å². The first-order chi connectivity index (χ1) is 19.1. The number of anilines is 1. The van der Waals surface area contributed by atoms with Crippen molar-refractivity contribution in [3.8, 4) is 0 Å². The van der Waals surface area contributed by atoms with Crippen molar-refractivity contribution in [1.29, 1.82) is 0 Å². The van der Waals surface area contributed by atoms with Gasteiger partial charge in [-0.3, -0.25) is 14.4 Å². The van der Waals surface area contributed by atoms with Crippen LogP contribution in [0, 0.1) is 23.4 Å². The highest BCUT2D eigenvalue weighted by Crippen LogP contribution is 2.47. The minimum Gasteiger partial charge on any atom is -0.339 e. The third-order valence-corrected chi connectivity index (χ3v) is 8.94. The van der Waals surface area contributed by atoms with Gasteiger partial charge in [-0.15, -0.1) is 12.4 Å². The fraction of sp³-hybridized carbons (Fsp3) is 0.355. The summed E-state index contributed by atoms with van der Waals surface area (Å²) in [6.45, 7) is 3.83. The van der Waals surface area contributed by atoms with Crippen molar-refractivity contribution in [2.75, 3.05) is 11.9 Å². The van der Waals surface area contributed by atoms with Crippen molar-refractivity contribution in [1.82, 2.24) is 9.88 Å². The van der Waals surface area contributed by atoms with Crippen molar-refractivity contribution in [3.63, 3.8) is 0 Å². The molecule has 0 unspecified atom stereocenters. The van der Waals surface area contributed by atoms with Gasteiger partial charge in [0.15, 0.2) is 17.4 Å². The van der Waals surface area contributed by atoms with Crippen molar-refractivity contribution >= 4 is 35.8 Å². The first-order valence-electron chi connectivity index (χ1n) is 13.5. The number of piperidine rings is 1. The number of halogens is 4. The predicted molar refractivity (Wildman–Crippen MR) is 149 cm³/mol. The Labute approximate surface area is 241 Å². The molecule has 41 heavy (non-hydrogen) atoms. The second-order valence-corrected chi connectivity index (χ2v) is 11.1. The van der Waals surface area contributed by atoms with E-state index in [0.29, 0.717) is 36.8 Å². The molecule has 6 nitrogen and oxygen atoms in total. The topological polar surface area (TPSA) is 79.4 Å². The van der Waals surface area contributed by atoms with Crippen LogP contribution < -0.4 is 5.32 Å². The molecule has 2 aliphatic heterocycles. The van der Waals surface area contributed by atoms with Crippen LogP contribution in [0.25, 0.3) is 0 Å². The van der Waals surface area contributed by atoms with E-state index >= 15 is 0 Å². The molecule has 3 heterocycles. The van der Waals surface area contributed by atoms with E-state index in [-0.39, 0.29) is 48.4 Å². The summed E-state index contributed by atoms with van der Waals surface area (Å²) < 4.78 is 42.8. The van der Waals surface area contributed by atoms with Crippen LogP contribution in [0.2, 0.25) is 0 Å². The molecule has 4 atom stereocenters. The van der Waals surface area contributed by atoms with Gasteiger partial charge in [0.25, 0.3) is 0 Å². The number of aromatic nitrogens is 1. The Kier molecular flexibility index (Phi) is 7.44. The van der Waals surface area contributed by atoms with E-state index in [0.717, 1.165) is 22.8 Å². The minimum absolute atomic E-state index is 0. The molecule has 0 saturated carbocycles. The van der Waals surface area contributed by atoms with Crippen LogP contribution in [0.4, 0.5) is 19.0 Å². The van der Waals surface area contributed by atoms with Crippen molar-refractivity contribution in [3.05, 3.63) is 93.9 Å². The molecular formula is C31H29ClF3N3O3. The van der Waals surface area contributed by atoms with Crippen molar-refractivity contribution < 1.29 is 27.6 Å². The molecular weight excluding hydrogens is 555 g/mol. The zero-order chi connectivity index (χ0) is 28.3. The lowest BCUT2D eigenvalue weighted by Gasteiger charge is -2.42. The number of pyridine rings is 1. The van der Waals surface area contributed by atoms with E-state index in [1.165, 1.54) is 0 Å². The Morgan fingerprint density at radius 3 is 2.61 bits per heavy atom. The van der Waals surface area contributed by atoms with Gasteiger partial charge in [-0.05, 0) is 68.0 Å². The fourth-order valence-corrected chi connectivity index (χ4v) is 6.89. The zero-order valence-electron chi connectivity index (χ0n) is 22.5. The van der Waals surface area contributed by atoms with Gasteiger partial charge in [-0.1, -0.05) is 18.2 Å². The largest absolute Gasteiger partial charge is 0.339 e. The smallest absolute Gasteiger partial charge is 0.237 e. The summed E-state index contributed by atoms with van der Waals surface area (Å²) in [7, 11) is 0. The summed E-state index contributed by atoms with van der Waals surface area (Å²) in [6.07, 6.45) is 2.55. The highest BCUT2D eigenvalue weighted by atomic mass is 35.5. The number of nitrogens with zero attached hydrogens (tertiary/aromatic N) is 2. The maximum atomic E-state index is 14.8. The summed E-state index contributed by atoms with van der Waals surface area (Å²) in [5.41, 5.74) is 2.26. The average Bonchev–Trinajstić information content (AvgIpc) is 3.45. The highest BCUT2D eigenvalue weighted by Gasteiger charge is 2.51. The molecule has 214 valence electrons. The molecule has 0 radical (unpaired) electrons. The lowest BCUT2D eigenvalue weighted by molar-refractivity contribution is -0.142. The Bertz CT molecular complexity index is 1580. The zero-order valence-corrected chi connectivity index (χ0v) is 23.4. The van der Waals surface area contributed by atoms with Crippen LogP contribution in [-0.2, 0) is 27.8 Å². The van der Waals surface area contributed by atoms with Gasteiger partial charge in [0.05, 0.1) is 5.41 Å². The molecule has 0 bridgehead atoms. The number of hydrogen-bond acceptors (Lipinski definition) is 4. The summed E-state index contributed by atoms with van der Waals surface area (Å²) in [5, 5.41) is 2.87. The molecule has 1 aliphatic carbocycles. The summed E-state index contributed by atoms with van der Waals surface area (Å²) in [6, 6.07) is 10.0. The maximum absolute atomic E-state index is 14.8. The third kappa shape index (κ3) is 4.60. The second-order valence-electron chi connectivity index (χ2n) is 11.1. The lowest BCUT2D eigenvalue weighted by Crippen LogP contribution is -2.50.